The van der Waals surface area contributed by atoms with Gasteiger partial charge in [0.25, 0.3) is 0 Å². The van der Waals surface area contributed by atoms with E-state index in [0.717, 1.165) is 23.8 Å². The number of nitrogens with one attached hydrogen (secondary N) is 2. The molecule has 0 fully saturated rings. The Labute approximate surface area is 137 Å². The molecule has 0 aliphatic heterocycles. The summed E-state index contributed by atoms with van der Waals surface area (Å²) in [6.45, 7) is 1.69. The summed E-state index contributed by atoms with van der Waals surface area (Å²) in [6.07, 6.45) is 0. The van der Waals surface area contributed by atoms with Crippen molar-refractivity contribution in [3.05, 3.63) is 59.7 Å². The zero-order chi connectivity index (χ0) is 17.7. The monoisotopic (exact) mass is 334 g/mol. The maximum absolute atomic E-state index is 13.5. The highest BCUT2D eigenvalue weighted by Crippen LogP contribution is 2.18. The summed E-state index contributed by atoms with van der Waals surface area (Å²) in [5.74, 6) is -2.93. The standard InChI is InChI=1S/C17H16F2N2O3/c1-10(11-3-6-13(24-2)7-4-11)20-16(22)17(23)21-15-9-12(18)5-8-14(15)19/h3-10H,1-2H3,(H,20,22)(H,21,23). The van der Waals surface area contributed by atoms with Crippen LogP contribution in [0.25, 0.3) is 0 Å². The van der Waals surface area contributed by atoms with E-state index in [1.807, 2.05) is 5.32 Å². The molecule has 0 bridgehead atoms. The van der Waals surface area contributed by atoms with E-state index in [1.54, 1.807) is 31.2 Å². The van der Waals surface area contributed by atoms with Gasteiger partial charge in [0.1, 0.15) is 17.4 Å². The first-order valence-corrected chi connectivity index (χ1v) is 7.11. The third-order valence-electron chi connectivity index (χ3n) is 3.35. The van der Waals surface area contributed by atoms with Gasteiger partial charge in [0, 0.05) is 6.07 Å². The minimum absolute atomic E-state index is 0.396. The lowest BCUT2D eigenvalue weighted by atomic mass is 10.1. The van der Waals surface area contributed by atoms with Crippen LogP contribution >= 0.6 is 0 Å². The van der Waals surface area contributed by atoms with E-state index in [1.165, 1.54) is 7.11 Å². The van der Waals surface area contributed by atoms with Gasteiger partial charge in [0.05, 0.1) is 18.8 Å². The molecular weight excluding hydrogens is 318 g/mol. The highest BCUT2D eigenvalue weighted by Gasteiger charge is 2.18. The SMILES string of the molecule is COc1ccc(C(C)NC(=O)C(=O)Nc2cc(F)ccc2F)cc1. The molecule has 2 amide bonds. The van der Waals surface area contributed by atoms with Gasteiger partial charge in [-0.3, -0.25) is 9.59 Å². The molecule has 5 nitrogen and oxygen atoms in total. The van der Waals surface area contributed by atoms with E-state index in [2.05, 4.69) is 5.32 Å². The summed E-state index contributed by atoms with van der Waals surface area (Å²) in [6, 6.07) is 9.06. The summed E-state index contributed by atoms with van der Waals surface area (Å²) in [7, 11) is 1.54. The minimum Gasteiger partial charge on any atom is -0.497 e. The van der Waals surface area contributed by atoms with Gasteiger partial charge in [0.15, 0.2) is 0 Å². The highest BCUT2D eigenvalue weighted by atomic mass is 19.1. The Hall–Kier alpha value is -2.96. The van der Waals surface area contributed by atoms with Gasteiger partial charge in [-0.2, -0.15) is 0 Å². The number of amides is 2. The Kier molecular flexibility index (Phi) is 5.47. The van der Waals surface area contributed by atoms with E-state index in [4.69, 9.17) is 4.74 Å². The van der Waals surface area contributed by atoms with Crippen molar-refractivity contribution in [2.75, 3.05) is 12.4 Å². The smallest absolute Gasteiger partial charge is 0.313 e. The van der Waals surface area contributed by atoms with Crippen LogP contribution in [0.5, 0.6) is 5.75 Å². The van der Waals surface area contributed by atoms with Crippen LogP contribution in [0, 0.1) is 11.6 Å². The zero-order valence-electron chi connectivity index (χ0n) is 13.1. The molecule has 126 valence electrons. The van der Waals surface area contributed by atoms with Crippen molar-refractivity contribution in [2.24, 2.45) is 0 Å². The molecule has 0 saturated carbocycles. The molecule has 0 aliphatic carbocycles. The summed E-state index contributed by atoms with van der Waals surface area (Å²) in [5, 5.41) is 4.52. The van der Waals surface area contributed by atoms with Crippen molar-refractivity contribution >= 4 is 17.5 Å². The minimum atomic E-state index is -1.08. The Morgan fingerprint density at radius 2 is 1.71 bits per heavy atom. The van der Waals surface area contributed by atoms with Crippen LogP contribution in [0.3, 0.4) is 0 Å². The number of hydrogen-bond donors (Lipinski definition) is 2. The summed E-state index contributed by atoms with van der Waals surface area (Å²) in [4.78, 5) is 23.7. The van der Waals surface area contributed by atoms with Gasteiger partial charge in [-0.25, -0.2) is 8.78 Å². The Bertz CT molecular complexity index is 748. The van der Waals surface area contributed by atoms with Crippen LogP contribution in [-0.4, -0.2) is 18.9 Å². The van der Waals surface area contributed by atoms with Crippen molar-refractivity contribution in [1.82, 2.24) is 5.32 Å². The second-order valence-electron chi connectivity index (χ2n) is 5.05. The van der Waals surface area contributed by atoms with Crippen molar-refractivity contribution < 1.29 is 23.1 Å². The second kappa shape index (κ2) is 7.54. The number of methoxy groups -OCH3 is 1. The first-order chi connectivity index (χ1) is 11.4. The van der Waals surface area contributed by atoms with Crippen molar-refractivity contribution in [1.29, 1.82) is 0 Å². The van der Waals surface area contributed by atoms with Crippen LogP contribution in [0.4, 0.5) is 14.5 Å². The van der Waals surface area contributed by atoms with Gasteiger partial charge in [-0.1, -0.05) is 12.1 Å². The second-order valence-corrected chi connectivity index (χ2v) is 5.05. The van der Waals surface area contributed by atoms with Crippen molar-refractivity contribution in [3.63, 3.8) is 0 Å². The van der Waals surface area contributed by atoms with Crippen molar-refractivity contribution in [2.45, 2.75) is 13.0 Å². The lowest BCUT2D eigenvalue weighted by Crippen LogP contribution is -2.37. The molecule has 0 saturated heterocycles. The molecule has 0 aromatic heterocycles. The molecule has 2 rings (SSSR count). The number of carbonyl (C=O) groups is 2. The summed E-state index contributed by atoms with van der Waals surface area (Å²) in [5.41, 5.74) is 0.362. The van der Waals surface area contributed by atoms with E-state index < -0.39 is 35.2 Å². The fraction of sp³-hybridized carbons (Fsp3) is 0.176. The zero-order valence-corrected chi connectivity index (χ0v) is 13.1. The number of hydrogen-bond acceptors (Lipinski definition) is 3. The number of carbonyl (C=O) groups excluding carboxylic acids is 2. The van der Waals surface area contributed by atoms with Crippen LogP contribution in [0.1, 0.15) is 18.5 Å². The van der Waals surface area contributed by atoms with Gasteiger partial charge in [-0.05, 0) is 36.8 Å². The van der Waals surface area contributed by atoms with Gasteiger partial charge >= 0.3 is 11.8 Å². The largest absolute Gasteiger partial charge is 0.497 e. The molecule has 2 aromatic carbocycles. The molecule has 1 unspecified atom stereocenters. The van der Waals surface area contributed by atoms with Gasteiger partial charge in [-0.15, -0.1) is 0 Å². The quantitative estimate of drug-likeness (QED) is 0.845. The number of benzene rings is 2. The fourth-order valence-electron chi connectivity index (χ4n) is 2.01. The van der Waals surface area contributed by atoms with Crippen LogP contribution in [-0.2, 0) is 9.59 Å². The van der Waals surface area contributed by atoms with Gasteiger partial charge in [0.2, 0.25) is 0 Å². The van der Waals surface area contributed by atoms with Crippen LogP contribution < -0.4 is 15.4 Å². The Balaban J connectivity index is 2.00. The number of rotatable bonds is 4. The summed E-state index contributed by atoms with van der Waals surface area (Å²) >= 11 is 0. The predicted octanol–water partition coefficient (Wildman–Crippen LogP) is 2.79. The normalized spacial score (nSPS) is 11.5. The van der Waals surface area contributed by atoms with Gasteiger partial charge < -0.3 is 15.4 Å². The van der Waals surface area contributed by atoms with Crippen LogP contribution in [0.15, 0.2) is 42.5 Å². The lowest BCUT2D eigenvalue weighted by Gasteiger charge is -2.14. The Morgan fingerprint density at radius 1 is 1.04 bits per heavy atom. The van der Waals surface area contributed by atoms with E-state index >= 15 is 0 Å². The first kappa shape index (κ1) is 17.4. The third-order valence-corrected chi connectivity index (χ3v) is 3.35. The average molecular weight is 334 g/mol. The average Bonchev–Trinajstić information content (AvgIpc) is 2.58. The maximum atomic E-state index is 13.5. The molecule has 1 atom stereocenters. The molecule has 2 aromatic rings. The lowest BCUT2D eigenvalue weighted by molar-refractivity contribution is -0.136. The van der Waals surface area contributed by atoms with E-state index in [-0.39, 0.29) is 0 Å². The molecule has 0 spiro atoms. The molecule has 0 radical (unpaired) electrons. The van der Waals surface area contributed by atoms with Crippen LogP contribution in [0.2, 0.25) is 0 Å². The first-order valence-electron chi connectivity index (χ1n) is 7.11. The van der Waals surface area contributed by atoms with Crippen molar-refractivity contribution in [3.8, 4) is 5.75 Å². The molecule has 2 N–H and O–H groups in total. The number of anilines is 1. The highest BCUT2D eigenvalue weighted by molar-refractivity contribution is 6.39. The van der Waals surface area contributed by atoms with E-state index in [0.29, 0.717) is 5.75 Å². The Morgan fingerprint density at radius 3 is 2.33 bits per heavy atom. The molecule has 0 aliphatic rings. The number of halogens is 2. The topological polar surface area (TPSA) is 67.4 Å². The summed E-state index contributed by atoms with van der Waals surface area (Å²) < 4.78 is 31.6. The fourth-order valence-corrected chi connectivity index (χ4v) is 2.01. The molecule has 7 heteroatoms. The molecule has 24 heavy (non-hydrogen) atoms. The maximum Gasteiger partial charge on any atom is 0.313 e. The molecular formula is C17H16F2N2O3. The van der Waals surface area contributed by atoms with E-state index in [9.17, 15) is 18.4 Å². The molecule has 0 heterocycles. The third kappa shape index (κ3) is 4.28. The number of ether oxygens (including phenoxy) is 1. The predicted molar refractivity (Wildman–Crippen MR) is 84.5 cm³/mol.